The van der Waals surface area contributed by atoms with Gasteiger partial charge >= 0.3 is 11.9 Å². The number of carboxylic acid groups (broad SMARTS) is 2. The van der Waals surface area contributed by atoms with Gasteiger partial charge in [-0.15, -0.1) is 0 Å². The summed E-state index contributed by atoms with van der Waals surface area (Å²) in [4.78, 5) is 50.1. The van der Waals surface area contributed by atoms with Gasteiger partial charge in [-0.2, -0.15) is 0 Å². The number of hydrogen-bond acceptors (Lipinski definition) is 6. The van der Waals surface area contributed by atoms with Crippen LogP contribution in [-0.4, -0.2) is 64.6 Å². The summed E-state index contributed by atoms with van der Waals surface area (Å²) in [5.74, 6) is -4.63. The normalized spacial score (nSPS) is 13.9. The van der Waals surface area contributed by atoms with Crippen molar-refractivity contribution in [1.29, 1.82) is 0 Å². The highest BCUT2D eigenvalue weighted by molar-refractivity contribution is 5.92. The lowest BCUT2D eigenvalue weighted by Gasteiger charge is -2.23. The number of carbonyl (C=O) groups excluding carboxylic acids is 2. The zero-order valence-electron chi connectivity index (χ0n) is 15.3. The van der Waals surface area contributed by atoms with Crippen LogP contribution >= 0.6 is 0 Å². The quantitative estimate of drug-likeness (QED) is 0.107. The molecule has 0 spiro atoms. The van der Waals surface area contributed by atoms with E-state index in [1.54, 1.807) is 13.8 Å². The standard InChI is InChI=1S/C15H28N6O6/c1-7(2)11(16)13(25)20-8(4-3-5-19-15(17)18)12(24)21-9(14(26)27)6-10(22)23/h7-9,11H,3-6,16H2,1-2H3,(H,20,25)(H,21,24)(H,22,23)(H,26,27)(H4,17,18,19). The minimum absolute atomic E-state index is 0.0958. The Hall–Kier alpha value is -2.89. The fraction of sp³-hybridized carbons (Fsp3) is 0.667. The molecule has 12 heteroatoms. The molecule has 12 nitrogen and oxygen atoms in total. The van der Waals surface area contributed by atoms with Crippen molar-refractivity contribution < 1.29 is 29.4 Å². The molecule has 0 saturated carbocycles. The molecular weight excluding hydrogens is 360 g/mol. The summed E-state index contributed by atoms with van der Waals surface area (Å²) in [6, 6.07) is -3.62. The van der Waals surface area contributed by atoms with Gasteiger partial charge in [0.05, 0.1) is 12.5 Å². The first-order chi connectivity index (χ1) is 12.5. The van der Waals surface area contributed by atoms with Gasteiger partial charge in [-0.3, -0.25) is 19.4 Å². The number of hydrogen-bond donors (Lipinski definition) is 7. The lowest BCUT2D eigenvalue weighted by atomic mass is 10.0. The molecular formula is C15H28N6O6. The predicted molar refractivity (Wildman–Crippen MR) is 96.5 cm³/mol. The summed E-state index contributed by atoms with van der Waals surface area (Å²) in [6.45, 7) is 3.65. The first-order valence-electron chi connectivity index (χ1n) is 8.32. The second-order valence-electron chi connectivity index (χ2n) is 6.28. The number of carbonyl (C=O) groups is 4. The molecule has 3 atom stereocenters. The van der Waals surface area contributed by atoms with Crippen LogP contribution in [0.15, 0.2) is 4.99 Å². The number of nitrogens with zero attached hydrogens (tertiary/aromatic N) is 1. The van der Waals surface area contributed by atoms with Crippen molar-refractivity contribution in [1.82, 2.24) is 10.6 Å². The van der Waals surface area contributed by atoms with E-state index >= 15 is 0 Å². The molecule has 3 unspecified atom stereocenters. The van der Waals surface area contributed by atoms with Crippen molar-refractivity contribution in [3.63, 3.8) is 0 Å². The molecule has 0 aromatic carbocycles. The summed E-state index contributed by atoms with van der Waals surface area (Å²) in [5, 5.41) is 22.4. The molecule has 0 aromatic rings. The molecule has 27 heavy (non-hydrogen) atoms. The van der Waals surface area contributed by atoms with E-state index in [2.05, 4.69) is 15.6 Å². The summed E-state index contributed by atoms with van der Waals surface area (Å²) >= 11 is 0. The van der Waals surface area contributed by atoms with Crippen LogP contribution in [0, 0.1) is 5.92 Å². The Kier molecular flexibility index (Phi) is 10.4. The Morgan fingerprint density at radius 1 is 1.00 bits per heavy atom. The molecule has 0 heterocycles. The van der Waals surface area contributed by atoms with Crippen LogP contribution in [0.2, 0.25) is 0 Å². The number of nitrogens with one attached hydrogen (secondary N) is 2. The van der Waals surface area contributed by atoms with Crippen molar-refractivity contribution in [2.75, 3.05) is 6.54 Å². The Labute approximate surface area is 156 Å². The first kappa shape index (κ1) is 24.1. The van der Waals surface area contributed by atoms with Gasteiger partial charge in [0.1, 0.15) is 12.1 Å². The molecule has 0 aliphatic carbocycles. The van der Waals surface area contributed by atoms with Crippen LogP contribution in [0.4, 0.5) is 0 Å². The minimum atomic E-state index is -1.63. The molecule has 0 saturated heterocycles. The SMILES string of the molecule is CC(C)C(N)C(=O)NC(CCCN=C(N)N)C(=O)NC(CC(=O)O)C(=O)O. The molecule has 0 aliphatic heterocycles. The van der Waals surface area contributed by atoms with E-state index in [0.29, 0.717) is 6.42 Å². The zero-order valence-corrected chi connectivity index (χ0v) is 15.3. The second kappa shape index (κ2) is 11.7. The number of rotatable bonds is 12. The maximum Gasteiger partial charge on any atom is 0.326 e. The van der Waals surface area contributed by atoms with E-state index in [9.17, 15) is 19.2 Å². The average Bonchev–Trinajstić information content (AvgIpc) is 2.54. The van der Waals surface area contributed by atoms with Gasteiger partial charge in [-0.1, -0.05) is 13.8 Å². The summed E-state index contributed by atoms with van der Waals surface area (Å²) in [5.41, 5.74) is 16.2. The highest BCUT2D eigenvalue weighted by atomic mass is 16.4. The molecule has 10 N–H and O–H groups in total. The largest absolute Gasteiger partial charge is 0.481 e. The molecule has 0 aliphatic rings. The predicted octanol–water partition coefficient (Wildman–Crippen LogP) is -2.45. The Bertz CT molecular complexity index is 575. The smallest absolute Gasteiger partial charge is 0.326 e. The molecule has 0 bridgehead atoms. The van der Waals surface area contributed by atoms with E-state index < -0.39 is 48.3 Å². The third-order valence-corrected chi connectivity index (χ3v) is 3.59. The molecule has 2 amide bonds. The number of amides is 2. The van der Waals surface area contributed by atoms with Crippen LogP contribution in [0.25, 0.3) is 0 Å². The molecule has 0 aromatic heterocycles. The number of nitrogens with two attached hydrogens (primary N) is 3. The van der Waals surface area contributed by atoms with Gasteiger partial charge in [-0.25, -0.2) is 4.79 Å². The summed E-state index contributed by atoms with van der Waals surface area (Å²) in [7, 11) is 0. The van der Waals surface area contributed by atoms with Crippen molar-refractivity contribution in [2.24, 2.45) is 28.1 Å². The highest BCUT2D eigenvalue weighted by Crippen LogP contribution is 2.04. The van der Waals surface area contributed by atoms with Gasteiger partial charge in [0.25, 0.3) is 0 Å². The van der Waals surface area contributed by atoms with Gasteiger partial charge in [0.2, 0.25) is 11.8 Å². The lowest BCUT2D eigenvalue weighted by molar-refractivity contribution is -0.147. The topological polar surface area (TPSA) is 223 Å². The fourth-order valence-corrected chi connectivity index (χ4v) is 1.99. The number of guanidine groups is 1. The highest BCUT2D eigenvalue weighted by Gasteiger charge is 2.29. The van der Waals surface area contributed by atoms with Gasteiger partial charge in [-0.05, 0) is 18.8 Å². The summed E-state index contributed by atoms with van der Waals surface area (Å²) < 4.78 is 0. The molecule has 0 radical (unpaired) electrons. The van der Waals surface area contributed by atoms with Gasteiger partial charge in [0, 0.05) is 6.54 Å². The molecule has 0 fully saturated rings. The second-order valence-corrected chi connectivity index (χ2v) is 6.28. The van der Waals surface area contributed by atoms with Crippen LogP contribution in [0.3, 0.4) is 0 Å². The zero-order chi connectivity index (χ0) is 21.1. The Morgan fingerprint density at radius 3 is 2.00 bits per heavy atom. The monoisotopic (exact) mass is 388 g/mol. The van der Waals surface area contributed by atoms with E-state index in [1.807, 2.05) is 0 Å². The van der Waals surface area contributed by atoms with Crippen molar-refractivity contribution in [2.45, 2.75) is 51.2 Å². The molecule has 0 rings (SSSR count). The van der Waals surface area contributed by atoms with E-state index in [-0.39, 0.29) is 24.8 Å². The maximum absolute atomic E-state index is 12.4. The van der Waals surface area contributed by atoms with E-state index in [0.717, 1.165) is 0 Å². The van der Waals surface area contributed by atoms with Crippen molar-refractivity contribution >= 4 is 29.7 Å². The van der Waals surface area contributed by atoms with Crippen LogP contribution in [0.5, 0.6) is 0 Å². The summed E-state index contributed by atoms with van der Waals surface area (Å²) in [6.07, 6.45) is -0.399. The first-order valence-corrected chi connectivity index (χ1v) is 8.32. The number of carboxylic acids is 2. The fourth-order valence-electron chi connectivity index (χ4n) is 1.99. The van der Waals surface area contributed by atoms with Gasteiger partial charge in [0.15, 0.2) is 5.96 Å². The van der Waals surface area contributed by atoms with E-state index in [1.165, 1.54) is 0 Å². The number of aliphatic carboxylic acids is 2. The minimum Gasteiger partial charge on any atom is -0.481 e. The third-order valence-electron chi connectivity index (χ3n) is 3.59. The Balaban J connectivity index is 5.14. The van der Waals surface area contributed by atoms with Crippen molar-refractivity contribution in [3.05, 3.63) is 0 Å². The molecule has 154 valence electrons. The van der Waals surface area contributed by atoms with Crippen LogP contribution in [0.1, 0.15) is 33.1 Å². The third kappa shape index (κ3) is 9.99. The lowest BCUT2D eigenvalue weighted by Crippen LogP contribution is -2.55. The van der Waals surface area contributed by atoms with Gasteiger partial charge < -0.3 is 38.0 Å². The average molecular weight is 388 g/mol. The van der Waals surface area contributed by atoms with Crippen LogP contribution in [-0.2, 0) is 19.2 Å². The van der Waals surface area contributed by atoms with Crippen molar-refractivity contribution in [3.8, 4) is 0 Å². The van der Waals surface area contributed by atoms with E-state index in [4.69, 9.17) is 27.4 Å². The van der Waals surface area contributed by atoms with Crippen LogP contribution < -0.4 is 27.8 Å². The number of aliphatic imine (C=N–C) groups is 1. The Morgan fingerprint density at radius 2 is 1.56 bits per heavy atom. The maximum atomic E-state index is 12.4.